The third-order valence-electron chi connectivity index (χ3n) is 3.70. The standard InChI is InChI=1S/C15H16ClN3O2/c16-10-6-2-1-5-9(10)12-14(20)18-13(19-15(12)21)11-7-3-4-8-17-11/h1-2,5-6,11,17H,3-4,7-8H2,(H2,18,19,20,21). The Morgan fingerprint density at radius 3 is 2.76 bits per heavy atom. The maximum atomic E-state index is 12.3. The van der Waals surface area contributed by atoms with E-state index < -0.39 is 0 Å². The Kier molecular flexibility index (Phi) is 3.94. The van der Waals surface area contributed by atoms with E-state index in [1.54, 1.807) is 24.3 Å². The van der Waals surface area contributed by atoms with Gasteiger partial charge in [-0.2, -0.15) is 4.98 Å². The molecule has 1 aromatic carbocycles. The first-order valence-corrected chi connectivity index (χ1v) is 7.36. The topological polar surface area (TPSA) is 78.0 Å². The molecule has 1 unspecified atom stereocenters. The predicted molar refractivity (Wildman–Crippen MR) is 81.6 cm³/mol. The molecule has 2 heterocycles. The van der Waals surface area contributed by atoms with Crippen LogP contribution in [0.3, 0.4) is 0 Å². The Labute approximate surface area is 127 Å². The van der Waals surface area contributed by atoms with Crippen molar-refractivity contribution in [2.75, 3.05) is 6.54 Å². The number of aromatic hydroxyl groups is 1. The number of rotatable bonds is 2. The van der Waals surface area contributed by atoms with Crippen molar-refractivity contribution in [2.24, 2.45) is 0 Å². The van der Waals surface area contributed by atoms with Crippen LogP contribution in [0.25, 0.3) is 11.1 Å². The van der Waals surface area contributed by atoms with Gasteiger partial charge in [-0.3, -0.25) is 4.79 Å². The smallest absolute Gasteiger partial charge is 0.262 e. The van der Waals surface area contributed by atoms with E-state index in [9.17, 15) is 9.90 Å². The summed E-state index contributed by atoms with van der Waals surface area (Å²) >= 11 is 6.09. The molecule has 0 radical (unpaired) electrons. The molecule has 0 saturated carbocycles. The number of aromatic nitrogens is 2. The van der Waals surface area contributed by atoms with E-state index in [-0.39, 0.29) is 23.0 Å². The van der Waals surface area contributed by atoms with Crippen LogP contribution in [0.1, 0.15) is 31.1 Å². The average Bonchev–Trinajstić information content (AvgIpc) is 2.49. The third kappa shape index (κ3) is 2.80. The Hall–Kier alpha value is -1.85. The molecule has 1 atom stereocenters. The summed E-state index contributed by atoms with van der Waals surface area (Å²) in [5, 5.41) is 13.9. The highest BCUT2D eigenvalue weighted by molar-refractivity contribution is 6.33. The minimum Gasteiger partial charge on any atom is -0.493 e. The van der Waals surface area contributed by atoms with Gasteiger partial charge in [-0.05, 0) is 25.5 Å². The van der Waals surface area contributed by atoms with Crippen molar-refractivity contribution >= 4 is 11.6 Å². The Morgan fingerprint density at radius 2 is 2.10 bits per heavy atom. The summed E-state index contributed by atoms with van der Waals surface area (Å²) in [6, 6.07) is 6.87. The van der Waals surface area contributed by atoms with Gasteiger partial charge in [0.1, 0.15) is 11.4 Å². The fourth-order valence-corrected chi connectivity index (χ4v) is 2.87. The molecular weight excluding hydrogens is 290 g/mol. The van der Waals surface area contributed by atoms with E-state index in [0.29, 0.717) is 16.4 Å². The van der Waals surface area contributed by atoms with Crippen LogP contribution < -0.4 is 10.9 Å². The summed E-state index contributed by atoms with van der Waals surface area (Å²) in [6.45, 7) is 0.890. The van der Waals surface area contributed by atoms with Gasteiger partial charge in [-0.25, -0.2) is 0 Å². The summed E-state index contributed by atoms with van der Waals surface area (Å²) in [4.78, 5) is 19.2. The van der Waals surface area contributed by atoms with Crippen molar-refractivity contribution < 1.29 is 5.11 Å². The van der Waals surface area contributed by atoms with Crippen molar-refractivity contribution in [3.8, 4) is 17.0 Å². The largest absolute Gasteiger partial charge is 0.493 e. The summed E-state index contributed by atoms with van der Waals surface area (Å²) < 4.78 is 0. The van der Waals surface area contributed by atoms with Crippen LogP contribution in [0, 0.1) is 0 Å². The van der Waals surface area contributed by atoms with Crippen molar-refractivity contribution in [3.63, 3.8) is 0 Å². The van der Waals surface area contributed by atoms with Gasteiger partial charge in [0.05, 0.1) is 6.04 Å². The van der Waals surface area contributed by atoms with Crippen molar-refractivity contribution in [1.82, 2.24) is 15.3 Å². The van der Waals surface area contributed by atoms with E-state index >= 15 is 0 Å². The second-order valence-electron chi connectivity index (χ2n) is 5.13. The van der Waals surface area contributed by atoms with Crippen LogP contribution in [-0.4, -0.2) is 21.6 Å². The number of H-pyrrole nitrogens is 1. The lowest BCUT2D eigenvalue weighted by Gasteiger charge is -2.22. The second kappa shape index (κ2) is 5.87. The lowest BCUT2D eigenvalue weighted by atomic mass is 10.0. The van der Waals surface area contributed by atoms with Crippen molar-refractivity contribution in [3.05, 3.63) is 45.5 Å². The molecule has 0 bridgehead atoms. The number of hydrogen-bond acceptors (Lipinski definition) is 4. The fraction of sp³-hybridized carbons (Fsp3) is 0.333. The van der Waals surface area contributed by atoms with Crippen LogP contribution in [0.2, 0.25) is 5.02 Å². The van der Waals surface area contributed by atoms with Crippen LogP contribution in [0.5, 0.6) is 5.88 Å². The second-order valence-corrected chi connectivity index (χ2v) is 5.54. The van der Waals surface area contributed by atoms with Gasteiger partial charge in [0.2, 0.25) is 5.88 Å². The van der Waals surface area contributed by atoms with Crippen molar-refractivity contribution in [1.29, 1.82) is 0 Å². The lowest BCUT2D eigenvalue weighted by molar-refractivity contribution is 0.385. The summed E-state index contributed by atoms with van der Waals surface area (Å²) in [5.74, 6) is 0.197. The number of hydrogen-bond donors (Lipinski definition) is 3. The molecule has 1 aliphatic rings. The van der Waals surface area contributed by atoms with Gasteiger partial charge in [-0.15, -0.1) is 0 Å². The molecule has 0 amide bonds. The number of halogens is 1. The van der Waals surface area contributed by atoms with Crippen LogP contribution in [0.15, 0.2) is 29.1 Å². The summed E-state index contributed by atoms with van der Waals surface area (Å²) in [5.41, 5.74) is 0.215. The molecule has 110 valence electrons. The SMILES string of the molecule is O=c1[nH]c(C2CCCCN2)nc(O)c1-c1ccccc1Cl. The zero-order valence-electron chi connectivity index (χ0n) is 11.4. The average molecular weight is 306 g/mol. The van der Waals surface area contributed by atoms with Gasteiger partial charge in [0.25, 0.3) is 5.56 Å². The van der Waals surface area contributed by atoms with Crippen molar-refractivity contribution in [2.45, 2.75) is 25.3 Å². The maximum absolute atomic E-state index is 12.3. The molecule has 1 fully saturated rings. The highest BCUT2D eigenvalue weighted by Gasteiger charge is 2.21. The van der Waals surface area contributed by atoms with E-state index in [2.05, 4.69) is 15.3 Å². The number of benzene rings is 1. The minimum atomic E-state index is -0.377. The molecule has 6 heteroatoms. The predicted octanol–water partition coefficient (Wildman–Crippen LogP) is 2.61. The molecule has 1 aliphatic heterocycles. The normalized spacial score (nSPS) is 18.6. The Balaban J connectivity index is 2.05. The number of nitrogens with zero attached hydrogens (tertiary/aromatic N) is 1. The number of aromatic amines is 1. The summed E-state index contributed by atoms with van der Waals surface area (Å²) in [6.07, 6.45) is 3.09. The zero-order valence-corrected chi connectivity index (χ0v) is 12.2. The quantitative estimate of drug-likeness (QED) is 0.797. The minimum absolute atomic E-state index is 0.0161. The van der Waals surface area contributed by atoms with E-state index in [1.165, 1.54) is 0 Å². The van der Waals surface area contributed by atoms with Gasteiger partial charge in [0.15, 0.2) is 0 Å². The van der Waals surface area contributed by atoms with Gasteiger partial charge in [0, 0.05) is 10.6 Å². The number of nitrogens with one attached hydrogen (secondary N) is 2. The first-order valence-electron chi connectivity index (χ1n) is 6.98. The van der Waals surface area contributed by atoms with Gasteiger partial charge in [-0.1, -0.05) is 36.2 Å². The monoisotopic (exact) mass is 305 g/mol. The lowest BCUT2D eigenvalue weighted by Crippen LogP contribution is -2.30. The van der Waals surface area contributed by atoms with Crippen LogP contribution in [0.4, 0.5) is 0 Å². The zero-order chi connectivity index (χ0) is 14.8. The van der Waals surface area contributed by atoms with Crippen LogP contribution in [-0.2, 0) is 0 Å². The molecule has 3 N–H and O–H groups in total. The van der Waals surface area contributed by atoms with Crippen LogP contribution >= 0.6 is 11.6 Å². The molecule has 5 nitrogen and oxygen atoms in total. The van der Waals surface area contributed by atoms with E-state index in [4.69, 9.17) is 11.6 Å². The maximum Gasteiger partial charge on any atom is 0.262 e. The third-order valence-corrected chi connectivity index (χ3v) is 4.03. The Morgan fingerprint density at radius 1 is 1.29 bits per heavy atom. The molecule has 21 heavy (non-hydrogen) atoms. The highest BCUT2D eigenvalue weighted by Crippen LogP contribution is 2.31. The molecule has 0 aliphatic carbocycles. The first-order chi connectivity index (χ1) is 10.2. The highest BCUT2D eigenvalue weighted by atomic mass is 35.5. The Bertz CT molecular complexity index is 708. The van der Waals surface area contributed by atoms with E-state index in [0.717, 1.165) is 25.8 Å². The summed E-state index contributed by atoms with van der Waals surface area (Å²) in [7, 11) is 0. The molecule has 1 aromatic heterocycles. The molecule has 0 spiro atoms. The van der Waals surface area contributed by atoms with Gasteiger partial charge < -0.3 is 15.4 Å². The van der Waals surface area contributed by atoms with E-state index in [1.807, 2.05) is 0 Å². The first kappa shape index (κ1) is 14.1. The fourth-order valence-electron chi connectivity index (χ4n) is 2.64. The van der Waals surface area contributed by atoms with Gasteiger partial charge >= 0.3 is 0 Å². The molecule has 3 rings (SSSR count). The molecule has 1 saturated heterocycles. The number of piperidine rings is 1. The molecular formula is C15H16ClN3O2. The molecule has 2 aromatic rings.